The Morgan fingerprint density at radius 3 is 2.32 bits per heavy atom. The number of carbonyl (C=O) groups is 1. The molecule has 2 heterocycles. The van der Waals surface area contributed by atoms with Crippen molar-refractivity contribution in [3.8, 4) is 22.5 Å². The van der Waals surface area contributed by atoms with E-state index in [0.717, 1.165) is 47.5 Å². The highest BCUT2D eigenvalue weighted by atomic mass is 32.2. The van der Waals surface area contributed by atoms with E-state index in [2.05, 4.69) is 22.2 Å². The van der Waals surface area contributed by atoms with Gasteiger partial charge in [0.15, 0.2) is 5.16 Å². The average molecular weight is 570 g/mol. The molecule has 0 aliphatic carbocycles. The molecule has 5 rings (SSSR count). The van der Waals surface area contributed by atoms with Crippen molar-refractivity contribution in [1.29, 1.82) is 0 Å². The molecule has 0 saturated heterocycles. The van der Waals surface area contributed by atoms with Crippen LogP contribution in [0.15, 0.2) is 108 Å². The Kier molecular flexibility index (Phi) is 9.05. The SMILES string of the molecule is CCCCC(Sc1nc(-c2ccccc2)c(-c2ccccc2)[nH]1)N(C(=O)Nc1ccc(F)cc1F)c1ccccn1. The van der Waals surface area contributed by atoms with E-state index in [4.69, 9.17) is 4.98 Å². The normalized spacial score (nSPS) is 11.7. The Hall–Kier alpha value is -4.50. The van der Waals surface area contributed by atoms with Gasteiger partial charge in [-0.3, -0.25) is 4.90 Å². The fourth-order valence-electron chi connectivity index (χ4n) is 4.42. The first-order valence-electron chi connectivity index (χ1n) is 13.4. The van der Waals surface area contributed by atoms with Gasteiger partial charge in [0.25, 0.3) is 0 Å². The number of halogens is 2. The third kappa shape index (κ3) is 6.81. The minimum absolute atomic E-state index is 0.118. The summed E-state index contributed by atoms with van der Waals surface area (Å²) in [4.78, 5) is 28.1. The molecule has 0 bridgehead atoms. The summed E-state index contributed by atoms with van der Waals surface area (Å²) in [6.07, 6.45) is 3.96. The van der Waals surface area contributed by atoms with Crippen LogP contribution in [-0.4, -0.2) is 26.4 Å². The number of aromatic nitrogens is 3. The lowest BCUT2D eigenvalue weighted by Crippen LogP contribution is -2.42. The van der Waals surface area contributed by atoms with Gasteiger partial charge in [0, 0.05) is 23.4 Å². The first kappa shape index (κ1) is 28.0. The van der Waals surface area contributed by atoms with E-state index in [0.29, 0.717) is 17.4 Å². The van der Waals surface area contributed by atoms with Crippen LogP contribution in [0.25, 0.3) is 22.5 Å². The Bertz CT molecular complexity index is 1530. The van der Waals surface area contributed by atoms with Crippen molar-refractivity contribution >= 4 is 29.3 Å². The van der Waals surface area contributed by atoms with Crippen LogP contribution in [0.4, 0.5) is 25.1 Å². The number of anilines is 2. The Morgan fingerprint density at radius 2 is 1.66 bits per heavy atom. The molecule has 0 radical (unpaired) electrons. The Morgan fingerprint density at radius 1 is 0.951 bits per heavy atom. The summed E-state index contributed by atoms with van der Waals surface area (Å²) in [6, 6.07) is 27.6. The van der Waals surface area contributed by atoms with Crippen molar-refractivity contribution < 1.29 is 13.6 Å². The smallest absolute Gasteiger partial charge is 0.328 e. The number of H-pyrrole nitrogens is 1. The van der Waals surface area contributed by atoms with Crippen LogP contribution in [-0.2, 0) is 0 Å². The number of aromatic amines is 1. The number of unbranched alkanes of at least 4 members (excludes halogenated alkanes) is 1. The summed E-state index contributed by atoms with van der Waals surface area (Å²) in [5.41, 5.74) is 3.51. The number of amides is 2. The maximum absolute atomic E-state index is 14.5. The lowest BCUT2D eigenvalue weighted by atomic mass is 10.1. The number of pyridine rings is 1. The molecule has 2 N–H and O–H groups in total. The second-order valence-corrected chi connectivity index (χ2v) is 10.5. The highest BCUT2D eigenvalue weighted by molar-refractivity contribution is 7.99. The third-order valence-electron chi connectivity index (χ3n) is 6.42. The van der Waals surface area contributed by atoms with E-state index in [1.54, 1.807) is 24.4 Å². The van der Waals surface area contributed by atoms with Crippen molar-refractivity contribution in [1.82, 2.24) is 15.0 Å². The fourth-order valence-corrected chi connectivity index (χ4v) is 5.58. The molecule has 1 atom stereocenters. The Labute approximate surface area is 241 Å². The van der Waals surface area contributed by atoms with E-state index in [1.165, 1.54) is 22.7 Å². The molecule has 0 fully saturated rings. The molecular formula is C32H29F2N5OS. The van der Waals surface area contributed by atoms with Gasteiger partial charge in [0.2, 0.25) is 0 Å². The molecule has 208 valence electrons. The monoisotopic (exact) mass is 569 g/mol. The molecule has 5 aromatic rings. The number of nitrogens with zero attached hydrogens (tertiary/aromatic N) is 3. The second-order valence-electron chi connectivity index (χ2n) is 9.32. The maximum Gasteiger partial charge on any atom is 0.328 e. The quantitative estimate of drug-likeness (QED) is 0.130. The fraction of sp³-hybridized carbons (Fsp3) is 0.156. The van der Waals surface area contributed by atoms with Gasteiger partial charge in [-0.25, -0.2) is 23.5 Å². The van der Waals surface area contributed by atoms with Gasteiger partial charge in [-0.05, 0) is 30.7 Å². The molecule has 3 aromatic carbocycles. The highest BCUT2D eigenvalue weighted by Crippen LogP contribution is 2.37. The summed E-state index contributed by atoms with van der Waals surface area (Å²) in [7, 11) is 0. The lowest BCUT2D eigenvalue weighted by molar-refractivity contribution is 0.256. The topological polar surface area (TPSA) is 73.9 Å². The summed E-state index contributed by atoms with van der Waals surface area (Å²) < 4.78 is 28.0. The predicted molar refractivity (Wildman–Crippen MR) is 161 cm³/mol. The molecule has 1 unspecified atom stereocenters. The molecule has 2 amide bonds. The van der Waals surface area contributed by atoms with E-state index in [1.807, 2.05) is 60.7 Å². The molecule has 0 aliphatic rings. The second kappa shape index (κ2) is 13.2. The van der Waals surface area contributed by atoms with Gasteiger partial charge in [-0.15, -0.1) is 0 Å². The zero-order valence-corrected chi connectivity index (χ0v) is 23.2. The molecule has 0 saturated carbocycles. The zero-order chi connectivity index (χ0) is 28.6. The van der Waals surface area contributed by atoms with Crippen LogP contribution < -0.4 is 10.2 Å². The van der Waals surface area contributed by atoms with Crippen LogP contribution in [0, 0.1) is 11.6 Å². The van der Waals surface area contributed by atoms with Crippen molar-refractivity contribution in [2.75, 3.05) is 10.2 Å². The van der Waals surface area contributed by atoms with E-state index >= 15 is 0 Å². The Balaban J connectivity index is 1.53. The molecule has 9 heteroatoms. The molecule has 2 aromatic heterocycles. The average Bonchev–Trinajstić information content (AvgIpc) is 3.43. The number of imidazole rings is 1. The molecule has 41 heavy (non-hydrogen) atoms. The van der Waals surface area contributed by atoms with Gasteiger partial charge in [0.05, 0.1) is 22.4 Å². The predicted octanol–water partition coefficient (Wildman–Crippen LogP) is 8.76. The number of rotatable bonds is 10. The summed E-state index contributed by atoms with van der Waals surface area (Å²) in [6.45, 7) is 2.08. The molecular weight excluding hydrogens is 540 g/mol. The lowest BCUT2D eigenvalue weighted by Gasteiger charge is -2.30. The highest BCUT2D eigenvalue weighted by Gasteiger charge is 2.29. The summed E-state index contributed by atoms with van der Waals surface area (Å²) in [5, 5.41) is 2.80. The van der Waals surface area contributed by atoms with Crippen molar-refractivity contribution in [2.24, 2.45) is 0 Å². The van der Waals surface area contributed by atoms with Gasteiger partial charge >= 0.3 is 6.03 Å². The number of thioether (sulfide) groups is 1. The standard InChI is InChI=1S/C32H29F2N5OS/c1-2-3-17-28(39(27-16-10-11-20-35-27)32(40)36-26-19-18-24(33)21-25(26)34)41-31-37-29(22-12-6-4-7-13-22)30(38-31)23-14-8-5-9-15-23/h4-16,18-21,28H,2-3,17H2,1H3,(H,36,40)(H,37,38). The third-order valence-corrected chi connectivity index (χ3v) is 7.55. The van der Waals surface area contributed by atoms with Crippen LogP contribution in [0.2, 0.25) is 0 Å². The number of hydrogen-bond acceptors (Lipinski definition) is 4. The molecule has 0 spiro atoms. The first-order valence-corrected chi connectivity index (χ1v) is 14.2. The minimum atomic E-state index is -0.858. The number of hydrogen-bond donors (Lipinski definition) is 2. The van der Waals surface area contributed by atoms with Gasteiger partial charge < -0.3 is 10.3 Å². The van der Waals surface area contributed by atoms with E-state index < -0.39 is 23.0 Å². The molecule has 6 nitrogen and oxygen atoms in total. The van der Waals surface area contributed by atoms with E-state index in [-0.39, 0.29) is 5.69 Å². The van der Waals surface area contributed by atoms with E-state index in [9.17, 15) is 13.6 Å². The minimum Gasteiger partial charge on any atom is -0.332 e. The number of benzene rings is 3. The van der Waals surface area contributed by atoms with Gasteiger partial charge in [-0.1, -0.05) is 98.3 Å². The van der Waals surface area contributed by atoms with Crippen molar-refractivity contribution in [3.63, 3.8) is 0 Å². The summed E-state index contributed by atoms with van der Waals surface area (Å²) in [5.74, 6) is -1.18. The zero-order valence-electron chi connectivity index (χ0n) is 22.4. The molecule has 0 aliphatic heterocycles. The van der Waals surface area contributed by atoms with Crippen molar-refractivity contribution in [3.05, 3.63) is 115 Å². The van der Waals surface area contributed by atoms with Crippen LogP contribution >= 0.6 is 11.8 Å². The van der Waals surface area contributed by atoms with Gasteiger partial charge in [-0.2, -0.15) is 0 Å². The maximum atomic E-state index is 14.5. The number of urea groups is 1. The first-order chi connectivity index (χ1) is 20.0. The van der Waals surface area contributed by atoms with Crippen LogP contribution in [0.5, 0.6) is 0 Å². The van der Waals surface area contributed by atoms with Gasteiger partial charge in [0.1, 0.15) is 17.5 Å². The van der Waals surface area contributed by atoms with Crippen LogP contribution in [0.3, 0.4) is 0 Å². The number of carbonyl (C=O) groups excluding carboxylic acids is 1. The largest absolute Gasteiger partial charge is 0.332 e. The van der Waals surface area contributed by atoms with Crippen molar-refractivity contribution in [2.45, 2.75) is 36.7 Å². The van der Waals surface area contributed by atoms with Crippen LogP contribution in [0.1, 0.15) is 26.2 Å². The summed E-state index contributed by atoms with van der Waals surface area (Å²) >= 11 is 1.41. The number of nitrogens with one attached hydrogen (secondary N) is 2.